The lowest BCUT2D eigenvalue weighted by Gasteiger charge is -2.23. The van der Waals surface area contributed by atoms with Gasteiger partial charge in [0.25, 0.3) is 0 Å². The number of ether oxygens (including phenoxy) is 3. The van der Waals surface area contributed by atoms with Gasteiger partial charge in [-0.2, -0.15) is 0 Å². The second-order valence-corrected chi connectivity index (χ2v) is 9.00. The molecule has 1 atom stereocenters. The van der Waals surface area contributed by atoms with Gasteiger partial charge < -0.3 is 19.5 Å². The van der Waals surface area contributed by atoms with Crippen LogP contribution in [-0.2, 0) is 27.3 Å². The quantitative estimate of drug-likeness (QED) is 0.447. The third-order valence-corrected chi connectivity index (χ3v) is 5.00. The molecule has 0 aliphatic rings. The van der Waals surface area contributed by atoms with E-state index in [2.05, 4.69) is 5.32 Å². The van der Waals surface area contributed by atoms with Crippen LogP contribution < -0.4 is 10.1 Å². The highest BCUT2D eigenvalue weighted by atomic mass is 35.5. The molecular weight excluding hydrogens is 453 g/mol. The SMILES string of the molecule is CCOC(=O)C[C@H](Cc1ccc(OCc2c(Cl)cccc2Cl)cc1)NC(=O)OC(C)(C)C. The van der Waals surface area contributed by atoms with Gasteiger partial charge in [-0.25, -0.2) is 4.79 Å². The second kappa shape index (κ2) is 12.0. The van der Waals surface area contributed by atoms with Crippen LogP contribution in [0.1, 0.15) is 45.2 Å². The summed E-state index contributed by atoms with van der Waals surface area (Å²) in [7, 11) is 0. The van der Waals surface area contributed by atoms with Gasteiger partial charge >= 0.3 is 12.1 Å². The Morgan fingerprint density at radius 2 is 1.66 bits per heavy atom. The van der Waals surface area contributed by atoms with Crippen LogP contribution in [0.5, 0.6) is 5.75 Å². The zero-order valence-corrected chi connectivity index (χ0v) is 20.3. The van der Waals surface area contributed by atoms with E-state index in [0.717, 1.165) is 11.1 Å². The van der Waals surface area contributed by atoms with Gasteiger partial charge in [-0.05, 0) is 63.9 Å². The summed E-state index contributed by atoms with van der Waals surface area (Å²) in [6, 6.07) is 12.2. The van der Waals surface area contributed by atoms with Gasteiger partial charge in [0.1, 0.15) is 18.0 Å². The minimum Gasteiger partial charge on any atom is -0.489 e. The predicted molar refractivity (Wildman–Crippen MR) is 125 cm³/mol. The maximum Gasteiger partial charge on any atom is 0.407 e. The maximum absolute atomic E-state index is 12.2. The van der Waals surface area contributed by atoms with Crippen LogP contribution in [0.4, 0.5) is 4.79 Å². The number of carbonyl (C=O) groups excluding carboxylic acids is 2. The Balaban J connectivity index is 2.02. The van der Waals surface area contributed by atoms with Crippen LogP contribution in [0.2, 0.25) is 10.0 Å². The lowest BCUT2D eigenvalue weighted by Crippen LogP contribution is -2.41. The molecule has 0 bridgehead atoms. The van der Waals surface area contributed by atoms with Gasteiger partial charge in [-0.15, -0.1) is 0 Å². The number of hydrogen-bond donors (Lipinski definition) is 1. The van der Waals surface area contributed by atoms with Crippen LogP contribution in [0.3, 0.4) is 0 Å². The summed E-state index contributed by atoms with van der Waals surface area (Å²) < 4.78 is 16.1. The van der Waals surface area contributed by atoms with E-state index in [1.165, 1.54) is 0 Å². The van der Waals surface area contributed by atoms with Crippen molar-refractivity contribution in [1.29, 1.82) is 0 Å². The lowest BCUT2D eigenvalue weighted by atomic mass is 10.0. The Bertz CT molecular complexity index is 889. The molecule has 0 aromatic heterocycles. The third kappa shape index (κ3) is 8.97. The van der Waals surface area contributed by atoms with Crippen molar-refractivity contribution in [3.63, 3.8) is 0 Å². The predicted octanol–water partition coefficient (Wildman–Crippen LogP) is 5.96. The van der Waals surface area contributed by atoms with Crippen LogP contribution in [0, 0.1) is 0 Å². The largest absolute Gasteiger partial charge is 0.489 e. The molecule has 0 unspecified atom stereocenters. The van der Waals surface area contributed by atoms with Crippen LogP contribution >= 0.6 is 23.2 Å². The molecule has 0 saturated heterocycles. The summed E-state index contributed by atoms with van der Waals surface area (Å²) in [5.41, 5.74) is 0.997. The fourth-order valence-corrected chi connectivity index (χ4v) is 3.41. The van der Waals surface area contributed by atoms with E-state index in [-0.39, 0.29) is 25.6 Å². The number of hydrogen-bond acceptors (Lipinski definition) is 5. The highest BCUT2D eigenvalue weighted by Gasteiger charge is 2.22. The molecule has 2 aromatic rings. The van der Waals surface area contributed by atoms with Gasteiger partial charge in [-0.1, -0.05) is 41.4 Å². The standard InChI is InChI=1S/C24H29Cl2NO5/c1-5-30-22(28)14-17(27-23(29)32-24(2,3)4)13-16-9-11-18(12-10-16)31-15-19-20(25)7-6-8-21(19)26/h6-12,17H,5,13-15H2,1-4H3,(H,27,29)/t17-/m0/s1. The molecule has 0 aliphatic heterocycles. The number of benzene rings is 2. The molecule has 174 valence electrons. The monoisotopic (exact) mass is 481 g/mol. The molecule has 1 N–H and O–H groups in total. The lowest BCUT2D eigenvalue weighted by molar-refractivity contribution is -0.143. The Kier molecular flexibility index (Phi) is 9.66. The summed E-state index contributed by atoms with van der Waals surface area (Å²) in [6.45, 7) is 7.59. The first kappa shape index (κ1) is 25.8. The first-order valence-electron chi connectivity index (χ1n) is 10.4. The molecule has 0 spiro atoms. The van der Waals surface area contributed by atoms with E-state index in [4.69, 9.17) is 37.4 Å². The van der Waals surface area contributed by atoms with E-state index in [9.17, 15) is 9.59 Å². The van der Waals surface area contributed by atoms with Crippen LogP contribution in [-0.4, -0.2) is 30.3 Å². The number of carbonyl (C=O) groups is 2. The van der Waals surface area contributed by atoms with Gasteiger partial charge in [0.2, 0.25) is 0 Å². The fourth-order valence-electron chi connectivity index (χ4n) is 2.90. The number of alkyl carbamates (subject to hydrolysis) is 1. The molecule has 1 amide bonds. The zero-order chi connectivity index (χ0) is 23.7. The number of rotatable bonds is 9. The molecule has 6 nitrogen and oxygen atoms in total. The van der Waals surface area contributed by atoms with Crippen molar-refractivity contribution in [2.75, 3.05) is 6.61 Å². The highest BCUT2D eigenvalue weighted by molar-refractivity contribution is 6.35. The van der Waals surface area contributed by atoms with E-state index in [1.54, 1.807) is 45.9 Å². The van der Waals surface area contributed by atoms with E-state index < -0.39 is 17.7 Å². The topological polar surface area (TPSA) is 73.9 Å². The number of amides is 1. The number of nitrogens with one attached hydrogen (secondary N) is 1. The minimum atomic E-state index is -0.637. The summed E-state index contributed by atoms with van der Waals surface area (Å²) in [5.74, 6) is 0.261. The summed E-state index contributed by atoms with van der Waals surface area (Å²) in [4.78, 5) is 24.2. The maximum atomic E-state index is 12.2. The Morgan fingerprint density at radius 1 is 1.03 bits per heavy atom. The molecule has 32 heavy (non-hydrogen) atoms. The minimum absolute atomic E-state index is 0.0380. The molecular formula is C24H29Cl2NO5. The summed E-state index contributed by atoms with van der Waals surface area (Å²) in [6.07, 6.45) is -0.117. The number of halogens is 2. The average molecular weight is 482 g/mol. The molecule has 8 heteroatoms. The first-order valence-corrected chi connectivity index (χ1v) is 11.1. The molecule has 2 rings (SSSR count). The zero-order valence-electron chi connectivity index (χ0n) is 18.7. The summed E-state index contributed by atoms with van der Waals surface area (Å²) in [5, 5.41) is 3.85. The Morgan fingerprint density at radius 3 is 2.22 bits per heavy atom. The van der Waals surface area contributed by atoms with Gasteiger partial charge in [0.05, 0.1) is 13.0 Å². The average Bonchev–Trinajstić information content (AvgIpc) is 2.67. The molecule has 0 saturated carbocycles. The van der Waals surface area contributed by atoms with Crippen molar-refractivity contribution in [2.45, 2.75) is 58.8 Å². The Hall–Kier alpha value is -2.44. The van der Waals surface area contributed by atoms with E-state index >= 15 is 0 Å². The molecule has 0 heterocycles. The van der Waals surface area contributed by atoms with Crippen molar-refractivity contribution in [3.05, 3.63) is 63.6 Å². The number of esters is 1. The van der Waals surface area contributed by atoms with E-state index in [1.807, 2.05) is 24.3 Å². The van der Waals surface area contributed by atoms with Gasteiger partial charge in [0, 0.05) is 21.7 Å². The second-order valence-electron chi connectivity index (χ2n) is 8.19. The van der Waals surface area contributed by atoms with Crippen molar-refractivity contribution in [1.82, 2.24) is 5.32 Å². The van der Waals surface area contributed by atoms with Crippen molar-refractivity contribution < 1.29 is 23.8 Å². The first-order chi connectivity index (χ1) is 15.1. The molecule has 2 aromatic carbocycles. The molecule has 0 aliphatic carbocycles. The molecule has 0 radical (unpaired) electrons. The Labute approximate surface area is 199 Å². The van der Waals surface area contributed by atoms with Crippen molar-refractivity contribution >= 4 is 35.3 Å². The van der Waals surface area contributed by atoms with Crippen LogP contribution in [0.15, 0.2) is 42.5 Å². The highest BCUT2D eigenvalue weighted by Crippen LogP contribution is 2.26. The third-order valence-electron chi connectivity index (χ3n) is 4.29. The van der Waals surface area contributed by atoms with Crippen molar-refractivity contribution in [3.8, 4) is 5.75 Å². The van der Waals surface area contributed by atoms with Gasteiger partial charge in [-0.3, -0.25) is 4.79 Å². The fraction of sp³-hybridized carbons (Fsp3) is 0.417. The van der Waals surface area contributed by atoms with Crippen LogP contribution in [0.25, 0.3) is 0 Å². The molecule has 0 fully saturated rings. The van der Waals surface area contributed by atoms with Crippen molar-refractivity contribution in [2.24, 2.45) is 0 Å². The van der Waals surface area contributed by atoms with E-state index in [0.29, 0.717) is 22.2 Å². The smallest absolute Gasteiger partial charge is 0.407 e. The summed E-state index contributed by atoms with van der Waals surface area (Å²) >= 11 is 12.4. The normalized spacial score (nSPS) is 12.1. The van der Waals surface area contributed by atoms with Gasteiger partial charge in [0.15, 0.2) is 0 Å².